The second-order valence-electron chi connectivity index (χ2n) is 4.06. The van der Waals surface area contributed by atoms with Crippen LogP contribution < -0.4 is 0 Å². The smallest absolute Gasteiger partial charge is 0.374 e. The van der Waals surface area contributed by atoms with Gasteiger partial charge in [0.25, 0.3) is 0 Å². The Hall–Kier alpha value is -1.26. The highest BCUT2D eigenvalue weighted by Crippen LogP contribution is 2.43. The Balaban J connectivity index is 2.51. The van der Waals surface area contributed by atoms with Crippen molar-refractivity contribution in [3.63, 3.8) is 0 Å². The van der Waals surface area contributed by atoms with Gasteiger partial charge in [-0.05, 0) is 12.2 Å². The number of ketones is 1. The number of hydrogen-bond donors (Lipinski definition) is 0. The Morgan fingerprint density at radius 3 is 2.67 bits per heavy atom. The minimum atomic E-state index is -1.22. The van der Waals surface area contributed by atoms with Crippen molar-refractivity contribution >= 4 is 35.0 Å². The number of rotatable bonds is 1. The number of carbonyl (C=O) groups is 2. The van der Waals surface area contributed by atoms with Crippen LogP contribution in [0.4, 0.5) is 0 Å². The van der Waals surface area contributed by atoms with Crippen LogP contribution in [0.25, 0.3) is 0 Å². The fourth-order valence-corrected chi connectivity index (χ4v) is 2.50. The van der Waals surface area contributed by atoms with Crippen LogP contribution in [-0.4, -0.2) is 24.5 Å². The number of hydrogen-bond acceptors (Lipinski definition) is 4. The van der Waals surface area contributed by atoms with Gasteiger partial charge in [-0.2, -0.15) is 0 Å². The Bertz CT molecular complexity index is 518. The van der Waals surface area contributed by atoms with Gasteiger partial charge in [0.15, 0.2) is 11.4 Å². The van der Waals surface area contributed by atoms with Crippen LogP contribution in [0.3, 0.4) is 0 Å². The zero-order chi connectivity index (χ0) is 13.5. The monoisotopic (exact) mass is 288 g/mol. The summed E-state index contributed by atoms with van der Waals surface area (Å²) in [5.74, 6) is -1.23. The Morgan fingerprint density at radius 2 is 2.06 bits per heavy atom. The van der Waals surface area contributed by atoms with E-state index in [4.69, 9.17) is 32.7 Å². The molecule has 0 aromatic rings. The van der Waals surface area contributed by atoms with Gasteiger partial charge < -0.3 is 9.47 Å². The molecule has 6 heteroatoms. The molecule has 2 unspecified atom stereocenters. The molecule has 0 radical (unpaired) electrons. The fourth-order valence-electron chi connectivity index (χ4n) is 1.92. The van der Waals surface area contributed by atoms with Gasteiger partial charge in [0.1, 0.15) is 0 Å². The van der Waals surface area contributed by atoms with Crippen molar-refractivity contribution in [2.45, 2.75) is 12.5 Å². The normalized spacial score (nSPS) is 31.6. The van der Waals surface area contributed by atoms with Gasteiger partial charge in [0.2, 0.25) is 5.76 Å². The number of esters is 1. The molecule has 1 aliphatic heterocycles. The number of carbonyl (C=O) groups excluding carboxylic acids is 2. The molecule has 4 nitrogen and oxygen atoms in total. The van der Waals surface area contributed by atoms with Crippen molar-refractivity contribution in [1.82, 2.24) is 0 Å². The van der Waals surface area contributed by atoms with Crippen molar-refractivity contribution < 1.29 is 19.1 Å². The highest BCUT2D eigenvalue weighted by atomic mass is 35.5. The third-order valence-corrected chi connectivity index (χ3v) is 3.67. The van der Waals surface area contributed by atoms with E-state index in [0.717, 1.165) is 0 Å². The second kappa shape index (κ2) is 4.44. The summed E-state index contributed by atoms with van der Waals surface area (Å²) in [6.07, 6.45) is 4.13. The van der Waals surface area contributed by atoms with Crippen molar-refractivity contribution in [3.05, 3.63) is 34.1 Å². The first-order valence-electron chi connectivity index (χ1n) is 5.20. The third kappa shape index (κ3) is 1.85. The summed E-state index contributed by atoms with van der Waals surface area (Å²) in [6.45, 7) is 1.79. The summed E-state index contributed by atoms with van der Waals surface area (Å²) < 4.78 is 10.2. The van der Waals surface area contributed by atoms with E-state index >= 15 is 0 Å². The Kier molecular flexibility index (Phi) is 3.25. The maximum atomic E-state index is 11.7. The van der Waals surface area contributed by atoms with E-state index in [2.05, 4.69) is 0 Å². The highest BCUT2D eigenvalue weighted by Gasteiger charge is 2.47. The molecule has 18 heavy (non-hydrogen) atoms. The van der Waals surface area contributed by atoms with Crippen molar-refractivity contribution in [1.29, 1.82) is 0 Å². The van der Waals surface area contributed by atoms with Crippen LogP contribution in [-0.2, 0) is 19.1 Å². The zero-order valence-corrected chi connectivity index (χ0v) is 11.2. The maximum Gasteiger partial charge on any atom is 0.374 e. The van der Waals surface area contributed by atoms with Crippen molar-refractivity contribution in [2.75, 3.05) is 7.11 Å². The van der Waals surface area contributed by atoms with Crippen LogP contribution >= 0.6 is 23.2 Å². The van der Waals surface area contributed by atoms with Gasteiger partial charge in [-0.1, -0.05) is 30.1 Å². The molecule has 0 saturated carbocycles. The molecule has 2 atom stereocenters. The molecule has 0 saturated heterocycles. The Labute approximate surface area is 114 Å². The lowest BCUT2D eigenvalue weighted by Crippen LogP contribution is -2.45. The highest BCUT2D eigenvalue weighted by molar-refractivity contribution is 6.46. The van der Waals surface area contributed by atoms with Crippen LogP contribution in [0, 0.1) is 5.92 Å². The van der Waals surface area contributed by atoms with Crippen LogP contribution in [0.5, 0.6) is 0 Å². The number of ether oxygens (including phenoxy) is 2. The van der Waals surface area contributed by atoms with Gasteiger partial charge in [-0.3, -0.25) is 4.79 Å². The first-order chi connectivity index (χ1) is 8.40. The summed E-state index contributed by atoms with van der Waals surface area (Å²) in [5.41, 5.74) is -1.22. The summed E-state index contributed by atoms with van der Waals surface area (Å²) in [4.78, 5) is 23.1. The molecule has 1 aliphatic carbocycles. The van der Waals surface area contributed by atoms with E-state index < -0.39 is 17.4 Å². The van der Waals surface area contributed by atoms with E-state index in [1.54, 1.807) is 13.0 Å². The lowest BCUT2D eigenvalue weighted by atomic mass is 9.82. The molecule has 0 aromatic carbocycles. The molecule has 1 heterocycles. The average molecular weight is 289 g/mol. The maximum absolute atomic E-state index is 11.7. The summed E-state index contributed by atoms with van der Waals surface area (Å²) in [6, 6.07) is 0. The van der Waals surface area contributed by atoms with Gasteiger partial charge in [-0.25, -0.2) is 4.79 Å². The first-order valence-corrected chi connectivity index (χ1v) is 5.96. The van der Waals surface area contributed by atoms with Gasteiger partial charge in [0.05, 0.1) is 17.2 Å². The number of methoxy groups -OCH3 is 1. The van der Waals surface area contributed by atoms with Gasteiger partial charge in [0, 0.05) is 12.0 Å². The minimum absolute atomic E-state index is 0.0201. The van der Waals surface area contributed by atoms with Crippen molar-refractivity contribution in [2.24, 2.45) is 5.92 Å². The van der Waals surface area contributed by atoms with E-state index in [1.165, 1.54) is 19.3 Å². The van der Waals surface area contributed by atoms with E-state index in [1.807, 2.05) is 0 Å². The lowest BCUT2D eigenvalue weighted by molar-refractivity contribution is -0.156. The van der Waals surface area contributed by atoms with Crippen molar-refractivity contribution in [3.8, 4) is 0 Å². The molecular formula is C12H10Cl2O4. The molecule has 0 aromatic heterocycles. The zero-order valence-electron chi connectivity index (χ0n) is 9.70. The molecule has 0 fully saturated rings. The first kappa shape index (κ1) is 13.2. The topological polar surface area (TPSA) is 52.6 Å². The predicted molar refractivity (Wildman–Crippen MR) is 66.0 cm³/mol. The van der Waals surface area contributed by atoms with E-state index in [-0.39, 0.29) is 21.7 Å². The predicted octanol–water partition coefficient (Wildman–Crippen LogP) is 2.28. The third-order valence-electron chi connectivity index (χ3n) is 2.97. The molecule has 1 spiro atoms. The molecule has 0 bridgehead atoms. The summed E-state index contributed by atoms with van der Waals surface area (Å²) in [7, 11) is 1.38. The standard InChI is InChI=1S/C12H10Cl2O4/c1-6-3-9(17-2)11(16)18-12(6)5-7(13)8(15)4-10(12)14/h3-6H,1-2H3. The van der Waals surface area contributed by atoms with Crippen LogP contribution in [0.1, 0.15) is 6.92 Å². The number of allylic oxidation sites excluding steroid dienone is 2. The quantitative estimate of drug-likeness (QED) is 0.695. The van der Waals surface area contributed by atoms with E-state index in [0.29, 0.717) is 0 Å². The lowest BCUT2D eigenvalue weighted by Gasteiger charge is -2.39. The van der Waals surface area contributed by atoms with Gasteiger partial charge >= 0.3 is 5.97 Å². The molecule has 0 N–H and O–H groups in total. The average Bonchev–Trinajstić information content (AvgIpc) is 2.31. The van der Waals surface area contributed by atoms with E-state index in [9.17, 15) is 9.59 Å². The molecular weight excluding hydrogens is 279 g/mol. The van der Waals surface area contributed by atoms with Gasteiger partial charge in [-0.15, -0.1) is 0 Å². The molecule has 96 valence electrons. The minimum Gasteiger partial charge on any atom is -0.490 e. The fraction of sp³-hybridized carbons (Fsp3) is 0.333. The largest absolute Gasteiger partial charge is 0.490 e. The number of halogens is 2. The molecule has 2 rings (SSSR count). The SMILES string of the molecule is COC1=CC(C)C2(C=C(Cl)C(=O)C=C2Cl)OC1=O. The summed E-state index contributed by atoms with van der Waals surface area (Å²) in [5, 5.41) is 0.109. The molecule has 0 amide bonds. The van der Waals surface area contributed by atoms with Crippen LogP contribution in [0.15, 0.2) is 34.1 Å². The second-order valence-corrected chi connectivity index (χ2v) is 4.87. The summed E-state index contributed by atoms with van der Waals surface area (Å²) >= 11 is 11.9. The van der Waals surface area contributed by atoms with Crippen LogP contribution in [0.2, 0.25) is 0 Å². The molecule has 2 aliphatic rings. The Morgan fingerprint density at radius 1 is 1.39 bits per heavy atom.